The quantitative estimate of drug-likeness (QED) is 0.875. The van der Waals surface area contributed by atoms with Crippen molar-refractivity contribution in [2.24, 2.45) is 0 Å². The third kappa shape index (κ3) is 2.20. The van der Waals surface area contributed by atoms with Crippen LogP contribution in [0.2, 0.25) is 0 Å². The van der Waals surface area contributed by atoms with E-state index in [4.69, 9.17) is 9.47 Å². The summed E-state index contributed by atoms with van der Waals surface area (Å²) in [7, 11) is 0. The van der Waals surface area contributed by atoms with Gasteiger partial charge in [-0.05, 0) is 36.6 Å². The van der Waals surface area contributed by atoms with E-state index in [0.717, 1.165) is 11.1 Å². The molecule has 4 heteroatoms. The highest BCUT2D eigenvalue weighted by molar-refractivity contribution is 5.77. The summed E-state index contributed by atoms with van der Waals surface area (Å²) in [5.74, 6) is 0.0763. The van der Waals surface area contributed by atoms with Crippen LogP contribution in [0.5, 0.6) is 11.5 Å². The van der Waals surface area contributed by atoms with Crippen molar-refractivity contribution in [2.75, 3.05) is 13.2 Å². The van der Waals surface area contributed by atoms with Gasteiger partial charge in [-0.2, -0.15) is 0 Å². The van der Waals surface area contributed by atoms with E-state index in [-0.39, 0.29) is 0 Å². The average molecular weight is 236 g/mol. The fourth-order valence-corrected chi connectivity index (χ4v) is 2.11. The summed E-state index contributed by atoms with van der Waals surface area (Å²) in [6.45, 7) is 4.83. The van der Waals surface area contributed by atoms with Gasteiger partial charge in [0.15, 0.2) is 11.5 Å². The maximum atomic E-state index is 11.2. The molecule has 2 rings (SSSR count). The van der Waals surface area contributed by atoms with Gasteiger partial charge in [0.2, 0.25) is 0 Å². The van der Waals surface area contributed by atoms with Gasteiger partial charge >= 0.3 is 5.97 Å². The number of ether oxygens (including phenoxy) is 2. The topological polar surface area (TPSA) is 55.8 Å². The average Bonchev–Trinajstić information content (AvgIpc) is 2.30. The molecule has 0 amide bonds. The van der Waals surface area contributed by atoms with Crippen molar-refractivity contribution in [3.8, 4) is 11.5 Å². The number of benzene rings is 1. The first-order chi connectivity index (χ1) is 8.13. The predicted octanol–water partition coefficient (Wildman–Crippen LogP) is 2.34. The normalized spacial score (nSPS) is 15.4. The molecule has 1 unspecified atom stereocenters. The van der Waals surface area contributed by atoms with Gasteiger partial charge in [0.05, 0.1) is 5.92 Å². The van der Waals surface area contributed by atoms with E-state index < -0.39 is 11.9 Å². The number of carboxylic acids is 1. The van der Waals surface area contributed by atoms with Crippen molar-refractivity contribution >= 4 is 5.97 Å². The van der Waals surface area contributed by atoms with Crippen molar-refractivity contribution in [1.82, 2.24) is 0 Å². The molecular weight excluding hydrogens is 220 g/mol. The first kappa shape index (κ1) is 11.8. The summed E-state index contributed by atoms with van der Waals surface area (Å²) in [4.78, 5) is 11.2. The number of hydrogen-bond acceptors (Lipinski definition) is 3. The van der Waals surface area contributed by atoms with E-state index in [1.165, 1.54) is 0 Å². The molecule has 1 aromatic rings. The zero-order chi connectivity index (χ0) is 12.4. The number of aryl methyl sites for hydroxylation is 1. The predicted molar refractivity (Wildman–Crippen MR) is 62.8 cm³/mol. The molecule has 0 aliphatic carbocycles. The van der Waals surface area contributed by atoms with Crippen LogP contribution < -0.4 is 9.47 Å². The third-order valence-corrected chi connectivity index (χ3v) is 3.01. The largest absolute Gasteiger partial charge is 0.486 e. The lowest BCUT2D eigenvalue weighted by Gasteiger charge is -2.22. The van der Waals surface area contributed by atoms with E-state index in [1.54, 1.807) is 6.07 Å². The van der Waals surface area contributed by atoms with Gasteiger partial charge < -0.3 is 14.6 Å². The van der Waals surface area contributed by atoms with Crippen molar-refractivity contribution in [2.45, 2.75) is 26.2 Å². The summed E-state index contributed by atoms with van der Waals surface area (Å²) in [5, 5.41) is 9.18. The Kier molecular flexibility index (Phi) is 3.22. The molecule has 1 atom stereocenters. The fourth-order valence-electron chi connectivity index (χ4n) is 2.11. The van der Waals surface area contributed by atoms with Crippen molar-refractivity contribution < 1.29 is 19.4 Å². The second-order valence-corrected chi connectivity index (χ2v) is 4.15. The van der Waals surface area contributed by atoms with Gasteiger partial charge in [0, 0.05) is 0 Å². The van der Waals surface area contributed by atoms with Crippen molar-refractivity contribution in [3.63, 3.8) is 0 Å². The minimum Gasteiger partial charge on any atom is -0.486 e. The van der Waals surface area contributed by atoms with Gasteiger partial charge in [-0.3, -0.25) is 4.79 Å². The molecule has 0 radical (unpaired) electrons. The molecule has 1 heterocycles. The van der Waals surface area contributed by atoms with Crippen LogP contribution in [0.1, 0.15) is 30.4 Å². The minimum absolute atomic E-state index is 0.481. The van der Waals surface area contributed by atoms with E-state index in [0.29, 0.717) is 31.1 Å². The molecule has 0 spiro atoms. The van der Waals surface area contributed by atoms with Crippen LogP contribution in [-0.4, -0.2) is 24.3 Å². The summed E-state index contributed by atoms with van der Waals surface area (Å²) in [6, 6.07) is 3.65. The van der Waals surface area contributed by atoms with Crippen molar-refractivity contribution in [1.29, 1.82) is 0 Å². The summed E-state index contributed by atoms with van der Waals surface area (Å²) in [6.07, 6.45) is 0.565. The first-order valence-corrected chi connectivity index (χ1v) is 5.76. The van der Waals surface area contributed by atoms with Crippen LogP contribution in [-0.2, 0) is 4.79 Å². The molecule has 92 valence electrons. The van der Waals surface area contributed by atoms with Crippen LogP contribution in [0.25, 0.3) is 0 Å². The number of carboxylic acid groups (broad SMARTS) is 1. The fraction of sp³-hybridized carbons (Fsp3) is 0.462. The Labute approximate surface area is 100 Å². The molecule has 1 aromatic carbocycles. The Bertz CT molecular complexity index is 439. The smallest absolute Gasteiger partial charge is 0.310 e. The molecule has 0 saturated heterocycles. The van der Waals surface area contributed by atoms with Crippen LogP contribution in [0.4, 0.5) is 0 Å². The SMILES string of the molecule is CCC(C(=O)O)c1cc2c(cc1C)OCCO2. The van der Waals surface area contributed by atoms with E-state index in [9.17, 15) is 9.90 Å². The number of aliphatic carboxylic acids is 1. The number of hydrogen-bond donors (Lipinski definition) is 1. The first-order valence-electron chi connectivity index (χ1n) is 5.76. The molecule has 0 aromatic heterocycles. The second-order valence-electron chi connectivity index (χ2n) is 4.15. The molecule has 17 heavy (non-hydrogen) atoms. The van der Waals surface area contributed by atoms with Gasteiger partial charge in [0.25, 0.3) is 0 Å². The summed E-state index contributed by atoms with van der Waals surface area (Å²) in [5.41, 5.74) is 1.74. The highest BCUT2D eigenvalue weighted by Crippen LogP contribution is 2.36. The molecular formula is C13H16O4. The van der Waals surface area contributed by atoms with Gasteiger partial charge in [-0.15, -0.1) is 0 Å². The Morgan fingerprint density at radius 2 is 1.94 bits per heavy atom. The Hall–Kier alpha value is -1.71. The van der Waals surface area contributed by atoms with Gasteiger partial charge in [-0.1, -0.05) is 6.92 Å². The minimum atomic E-state index is -0.799. The maximum absolute atomic E-state index is 11.2. The summed E-state index contributed by atoms with van der Waals surface area (Å²) >= 11 is 0. The molecule has 1 aliphatic rings. The van der Waals surface area contributed by atoms with Gasteiger partial charge in [0.1, 0.15) is 13.2 Å². The molecule has 1 aliphatic heterocycles. The van der Waals surface area contributed by atoms with Crippen LogP contribution in [0, 0.1) is 6.92 Å². The van der Waals surface area contributed by atoms with Crippen LogP contribution in [0.3, 0.4) is 0 Å². The van der Waals surface area contributed by atoms with E-state index in [1.807, 2.05) is 19.9 Å². The summed E-state index contributed by atoms with van der Waals surface area (Å²) < 4.78 is 10.9. The third-order valence-electron chi connectivity index (χ3n) is 3.01. The zero-order valence-corrected chi connectivity index (χ0v) is 10.0. The highest BCUT2D eigenvalue weighted by atomic mass is 16.6. The monoisotopic (exact) mass is 236 g/mol. The van der Waals surface area contributed by atoms with E-state index in [2.05, 4.69) is 0 Å². The molecule has 0 saturated carbocycles. The lowest BCUT2D eigenvalue weighted by molar-refractivity contribution is -0.138. The highest BCUT2D eigenvalue weighted by Gasteiger charge is 2.23. The Balaban J connectivity index is 2.43. The number of carbonyl (C=O) groups is 1. The molecule has 0 bridgehead atoms. The van der Waals surface area contributed by atoms with Crippen molar-refractivity contribution in [3.05, 3.63) is 23.3 Å². The molecule has 0 fully saturated rings. The Morgan fingerprint density at radius 1 is 1.35 bits per heavy atom. The van der Waals surface area contributed by atoms with Crippen LogP contribution >= 0.6 is 0 Å². The van der Waals surface area contributed by atoms with Crippen LogP contribution in [0.15, 0.2) is 12.1 Å². The number of rotatable bonds is 3. The number of fused-ring (bicyclic) bond motifs is 1. The second kappa shape index (κ2) is 4.65. The lowest BCUT2D eigenvalue weighted by atomic mass is 9.92. The molecule has 1 N–H and O–H groups in total. The standard InChI is InChI=1S/C13H16O4/c1-3-9(13(14)15)10-7-12-11(6-8(10)2)16-4-5-17-12/h6-7,9H,3-5H2,1-2H3,(H,14,15). The lowest BCUT2D eigenvalue weighted by Crippen LogP contribution is -2.17. The van der Waals surface area contributed by atoms with Gasteiger partial charge in [-0.25, -0.2) is 0 Å². The zero-order valence-electron chi connectivity index (χ0n) is 10.0. The molecule has 4 nitrogen and oxygen atoms in total. The maximum Gasteiger partial charge on any atom is 0.310 e. The Morgan fingerprint density at radius 3 is 2.47 bits per heavy atom. The van der Waals surface area contributed by atoms with E-state index >= 15 is 0 Å².